The molecule has 0 spiro atoms. The van der Waals surface area contributed by atoms with E-state index in [1.807, 2.05) is 24.9 Å². The zero-order chi connectivity index (χ0) is 9.84. The third-order valence-electron chi connectivity index (χ3n) is 2.44. The van der Waals surface area contributed by atoms with Crippen molar-refractivity contribution in [2.75, 3.05) is 13.2 Å². The van der Waals surface area contributed by atoms with Crippen molar-refractivity contribution < 1.29 is 5.11 Å². The molecule has 3 N–H and O–H groups in total. The van der Waals surface area contributed by atoms with E-state index >= 15 is 0 Å². The molecule has 1 aromatic rings. The fraction of sp³-hybridized carbons (Fsp3) is 0.667. The number of aryl methyl sites for hydroxylation is 1. The van der Waals surface area contributed by atoms with Gasteiger partial charge in [-0.05, 0) is 31.4 Å². The van der Waals surface area contributed by atoms with Gasteiger partial charge in [0.1, 0.15) is 0 Å². The van der Waals surface area contributed by atoms with Gasteiger partial charge in [-0.1, -0.05) is 0 Å². The minimum atomic E-state index is 0.144. The van der Waals surface area contributed by atoms with E-state index in [0.29, 0.717) is 6.54 Å². The molecule has 0 aliphatic rings. The van der Waals surface area contributed by atoms with Crippen LogP contribution in [-0.4, -0.2) is 28.0 Å². The van der Waals surface area contributed by atoms with Gasteiger partial charge in [0.25, 0.3) is 0 Å². The standard InChI is InChI=1S/C9H17N3O/c1-7-9(5-11-12(7)2)3-8(4-10)6-13/h5,8,13H,3-4,6,10H2,1-2H3. The molecule has 4 heteroatoms. The molecule has 0 radical (unpaired) electrons. The Morgan fingerprint density at radius 2 is 2.38 bits per heavy atom. The Labute approximate surface area is 78.4 Å². The molecule has 13 heavy (non-hydrogen) atoms. The van der Waals surface area contributed by atoms with Crippen LogP contribution in [0.25, 0.3) is 0 Å². The van der Waals surface area contributed by atoms with Gasteiger partial charge in [-0.15, -0.1) is 0 Å². The molecule has 0 bridgehead atoms. The monoisotopic (exact) mass is 183 g/mol. The van der Waals surface area contributed by atoms with Crippen molar-refractivity contribution in [3.8, 4) is 0 Å². The highest BCUT2D eigenvalue weighted by Gasteiger charge is 2.10. The number of nitrogens with two attached hydrogens (primary N) is 1. The number of hydrogen-bond acceptors (Lipinski definition) is 3. The fourth-order valence-electron chi connectivity index (χ4n) is 1.28. The summed E-state index contributed by atoms with van der Waals surface area (Å²) in [5.41, 5.74) is 7.82. The van der Waals surface area contributed by atoms with E-state index in [4.69, 9.17) is 10.8 Å². The summed E-state index contributed by atoms with van der Waals surface area (Å²) in [7, 11) is 1.91. The lowest BCUT2D eigenvalue weighted by atomic mass is 10.0. The first-order valence-corrected chi connectivity index (χ1v) is 4.47. The largest absolute Gasteiger partial charge is 0.396 e. The van der Waals surface area contributed by atoms with Crippen LogP contribution in [0.15, 0.2) is 6.20 Å². The second kappa shape index (κ2) is 4.39. The predicted octanol–water partition coefficient (Wildman–Crippen LogP) is -0.162. The fourth-order valence-corrected chi connectivity index (χ4v) is 1.28. The summed E-state index contributed by atoms with van der Waals surface area (Å²) < 4.78 is 1.83. The zero-order valence-electron chi connectivity index (χ0n) is 8.20. The summed E-state index contributed by atoms with van der Waals surface area (Å²) >= 11 is 0. The van der Waals surface area contributed by atoms with Gasteiger partial charge < -0.3 is 10.8 Å². The molecule has 0 amide bonds. The molecule has 0 aliphatic heterocycles. The summed E-state index contributed by atoms with van der Waals surface area (Å²) in [5.74, 6) is 0.155. The van der Waals surface area contributed by atoms with E-state index in [0.717, 1.165) is 12.1 Å². The molecule has 1 atom stereocenters. The highest BCUT2D eigenvalue weighted by atomic mass is 16.3. The molecule has 4 nitrogen and oxygen atoms in total. The average molecular weight is 183 g/mol. The number of rotatable bonds is 4. The Morgan fingerprint density at radius 3 is 2.77 bits per heavy atom. The van der Waals surface area contributed by atoms with Gasteiger partial charge in [-0.2, -0.15) is 5.10 Å². The summed E-state index contributed by atoms with van der Waals surface area (Å²) in [6, 6.07) is 0. The molecular formula is C9H17N3O. The lowest BCUT2D eigenvalue weighted by Gasteiger charge is -2.10. The predicted molar refractivity (Wildman–Crippen MR) is 51.3 cm³/mol. The van der Waals surface area contributed by atoms with Crippen LogP contribution in [-0.2, 0) is 13.5 Å². The van der Waals surface area contributed by atoms with E-state index in [-0.39, 0.29) is 12.5 Å². The van der Waals surface area contributed by atoms with Crippen LogP contribution in [0.2, 0.25) is 0 Å². The van der Waals surface area contributed by atoms with Crippen molar-refractivity contribution in [3.63, 3.8) is 0 Å². The van der Waals surface area contributed by atoms with Crippen LogP contribution in [0.1, 0.15) is 11.3 Å². The van der Waals surface area contributed by atoms with E-state index in [1.165, 1.54) is 5.56 Å². The highest BCUT2D eigenvalue weighted by molar-refractivity contribution is 5.16. The molecule has 0 fully saturated rings. The van der Waals surface area contributed by atoms with Crippen LogP contribution in [0, 0.1) is 12.8 Å². The van der Waals surface area contributed by atoms with Crippen LogP contribution in [0.3, 0.4) is 0 Å². The summed E-state index contributed by atoms with van der Waals surface area (Å²) in [4.78, 5) is 0. The van der Waals surface area contributed by atoms with Gasteiger partial charge in [-0.25, -0.2) is 0 Å². The van der Waals surface area contributed by atoms with Crippen molar-refractivity contribution in [1.82, 2.24) is 9.78 Å². The SMILES string of the molecule is Cc1c(CC(CN)CO)cnn1C. The second-order valence-corrected chi connectivity index (χ2v) is 3.37. The number of aliphatic hydroxyl groups excluding tert-OH is 1. The molecule has 0 saturated heterocycles. The average Bonchev–Trinajstić information content (AvgIpc) is 2.45. The molecule has 0 aromatic carbocycles. The molecular weight excluding hydrogens is 166 g/mol. The minimum Gasteiger partial charge on any atom is -0.396 e. The number of aromatic nitrogens is 2. The Bertz CT molecular complexity index is 266. The number of aliphatic hydroxyl groups is 1. The van der Waals surface area contributed by atoms with Crippen LogP contribution < -0.4 is 5.73 Å². The Balaban J connectivity index is 2.67. The maximum atomic E-state index is 8.98. The first-order valence-electron chi connectivity index (χ1n) is 4.47. The maximum absolute atomic E-state index is 8.98. The third-order valence-corrected chi connectivity index (χ3v) is 2.44. The Hall–Kier alpha value is -0.870. The van der Waals surface area contributed by atoms with Gasteiger partial charge in [-0.3, -0.25) is 4.68 Å². The van der Waals surface area contributed by atoms with E-state index < -0.39 is 0 Å². The second-order valence-electron chi connectivity index (χ2n) is 3.37. The summed E-state index contributed by atoms with van der Waals surface area (Å²) in [5, 5.41) is 13.1. The third kappa shape index (κ3) is 2.29. The topological polar surface area (TPSA) is 64.1 Å². The van der Waals surface area contributed by atoms with Crippen molar-refractivity contribution in [2.45, 2.75) is 13.3 Å². The normalized spacial score (nSPS) is 13.2. The molecule has 0 aliphatic carbocycles. The van der Waals surface area contributed by atoms with Gasteiger partial charge in [0, 0.05) is 19.3 Å². The van der Waals surface area contributed by atoms with Crippen molar-refractivity contribution >= 4 is 0 Å². The van der Waals surface area contributed by atoms with Crippen LogP contribution in [0.4, 0.5) is 0 Å². The summed E-state index contributed by atoms with van der Waals surface area (Å²) in [6.45, 7) is 2.68. The molecule has 1 aromatic heterocycles. The first kappa shape index (κ1) is 10.2. The number of hydrogen-bond donors (Lipinski definition) is 2. The maximum Gasteiger partial charge on any atom is 0.0524 e. The van der Waals surface area contributed by atoms with Gasteiger partial charge in [0.2, 0.25) is 0 Å². The molecule has 0 saturated carbocycles. The number of nitrogens with zero attached hydrogens (tertiary/aromatic N) is 2. The van der Waals surface area contributed by atoms with Crippen molar-refractivity contribution in [3.05, 3.63) is 17.5 Å². The molecule has 1 heterocycles. The van der Waals surface area contributed by atoms with Crippen LogP contribution in [0.5, 0.6) is 0 Å². The summed E-state index contributed by atoms with van der Waals surface area (Å²) in [6.07, 6.45) is 2.65. The lowest BCUT2D eigenvalue weighted by Crippen LogP contribution is -2.20. The minimum absolute atomic E-state index is 0.144. The quantitative estimate of drug-likeness (QED) is 0.681. The van der Waals surface area contributed by atoms with E-state index in [9.17, 15) is 0 Å². The van der Waals surface area contributed by atoms with Gasteiger partial charge in [0.05, 0.1) is 6.20 Å². The van der Waals surface area contributed by atoms with E-state index in [1.54, 1.807) is 0 Å². The van der Waals surface area contributed by atoms with Crippen molar-refractivity contribution in [2.24, 2.45) is 18.7 Å². The molecule has 1 unspecified atom stereocenters. The molecule has 1 rings (SSSR count). The smallest absolute Gasteiger partial charge is 0.0524 e. The Morgan fingerprint density at radius 1 is 1.69 bits per heavy atom. The molecule has 74 valence electrons. The van der Waals surface area contributed by atoms with Crippen molar-refractivity contribution in [1.29, 1.82) is 0 Å². The zero-order valence-corrected chi connectivity index (χ0v) is 8.20. The first-order chi connectivity index (χ1) is 6.19. The van der Waals surface area contributed by atoms with Gasteiger partial charge >= 0.3 is 0 Å². The van der Waals surface area contributed by atoms with Crippen LogP contribution >= 0.6 is 0 Å². The van der Waals surface area contributed by atoms with E-state index in [2.05, 4.69) is 5.10 Å². The highest BCUT2D eigenvalue weighted by Crippen LogP contribution is 2.11. The van der Waals surface area contributed by atoms with Gasteiger partial charge in [0.15, 0.2) is 0 Å². The lowest BCUT2D eigenvalue weighted by molar-refractivity contribution is 0.229. The Kier molecular flexibility index (Phi) is 3.45.